The number of benzene rings is 1. The normalized spacial score (nSPS) is 12.0. The third-order valence-corrected chi connectivity index (χ3v) is 4.22. The molecule has 0 saturated carbocycles. The van der Waals surface area contributed by atoms with Gasteiger partial charge in [-0.25, -0.2) is 13.1 Å². The molecule has 0 fully saturated rings. The summed E-state index contributed by atoms with van der Waals surface area (Å²) in [5, 5.41) is 3.06. The van der Waals surface area contributed by atoms with Crippen LogP contribution < -0.4 is 10.0 Å². The fourth-order valence-corrected chi connectivity index (χ4v) is 2.67. The lowest BCUT2D eigenvalue weighted by atomic mass is 10.1. The molecule has 20 heavy (non-hydrogen) atoms. The number of nitrogens with one attached hydrogen (secondary N) is 2. The molecule has 5 nitrogen and oxygen atoms in total. The highest BCUT2D eigenvalue weighted by molar-refractivity contribution is 7.89. The van der Waals surface area contributed by atoms with E-state index in [9.17, 15) is 8.42 Å². The zero-order chi connectivity index (χ0) is 15.0. The minimum atomic E-state index is -3.44. The molecule has 0 radical (unpaired) electrons. The van der Waals surface area contributed by atoms with E-state index in [2.05, 4.69) is 10.0 Å². The van der Waals surface area contributed by atoms with Crippen molar-refractivity contribution < 1.29 is 13.2 Å². The Hall–Kier alpha value is -0.950. The molecule has 0 aliphatic rings. The van der Waals surface area contributed by atoms with E-state index in [-0.39, 0.29) is 17.5 Å². The predicted molar refractivity (Wildman–Crippen MR) is 80.3 cm³/mol. The number of hydrogen-bond donors (Lipinski definition) is 2. The first-order valence-electron chi connectivity index (χ1n) is 6.80. The van der Waals surface area contributed by atoms with E-state index in [1.165, 1.54) is 0 Å². The maximum atomic E-state index is 12.0. The van der Waals surface area contributed by atoms with Crippen LogP contribution in [0.4, 0.5) is 0 Å². The molecule has 1 rings (SSSR count). The van der Waals surface area contributed by atoms with Gasteiger partial charge < -0.3 is 10.1 Å². The second kappa shape index (κ2) is 8.36. The molecule has 0 aliphatic carbocycles. The van der Waals surface area contributed by atoms with E-state index in [0.717, 1.165) is 18.5 Å². The smallest absolute Gasteiger partial charge is 0.240 e. The molecule has 0 bridgehead atoms. The van der Waals surface area contributed by atoms with Gasteiger partial charge in [0.15, 0.2) is 0 Å². The maximum Gasteiger partial charge on any atom is 0.240 e. The summed E-state index contributed by atoms with van der Waals surface area (Å²) in [6, 6.07) is 6.96. The molecule has 0 aromatic heterocycles. The van der Waals surface area contributed by atoms with Crippen LogP contribution in [0, 0.1) is 0 Å². The van der Waals surface area contributed by atoms with Crippen LogP contribution in [0.5, 0.6) is 0 Å². The topological polar surface area (TPSA) is 67.4 Å². The van der Waals surface area contributed by atoms with Gasteiger partial charge in [0.05, 0.1) is 17.6 Å². The van der Waals surface area contributed by atoms with Gasteiger partial charge in [0, 0.05) is 6.54 Å². The molecule has 0 amide bonds. The van der Waals surface area contributed by atoms with Crippen molar-refractivity contribution in [2.75, 3.05) is 26.7 Å². The quantitative estimate of drug-likeness (QED) is 0.671. The van der Waals surface area contributed by atoms with Gasteiger partial charge in [-0.15, -0.1) is 0 Å². The second-order valence-corrected chi connectivity index (χ2v) is 6.58. The molecule has 0 heterocycles. The lowest BCUT2D eigenvalue weighted by molar-refractivity contribution is 0.0834. The summed E-state index contributed by atoms with van der Waals surface area (Å²) in [5.74, 6) is 0. The van der Waals surface area contributed by atoms with Crippen LogP contribution in [-0.2, 0) is 21.2 Å². The summed E-state index contributed by atoms with van der Waals surface area (Å²) in [6.45, 7) is 5.35. The molecular formula is C14H24N2O3S. The van der Waals surface area contributed by atoms with Crippen LogP contribution in [0.15, 0.2) is 29.2 Å². The van der Waals surface area contributed by atoms with Gasteiger partial charge in [0.1, 0.15) is 0 Å². The largest absolute Gasteiger partial charge is 0.377 e. The van der Waals surface area contributed by atoms with Crippen molar-refractivity contribution in [3.63, 3.8) is 0 Å². The highest BCUT2D eigenvalue weighted by atomic mass is 32.2. The lowest BCUT2D eigenvalue weighted by Gasteiger charge is -2.10. The van der Waals surface area contributed by atoms with E-state index < -0.39 is 10.0 Å². The van der Waals surface area contributed by atoms with Crippen LogP contribution in [0.1, 0.15) is 19.4 Å². The van der Waals surface area contributed by atoms with E-state index in [1.807, 2.05) is 33.0 Å². The van der Waals surface area contributed by atoms with E-state index in [1.54, 1.807) is 12.1 Å². The Morgan fingerprint density at radius 2 is 1.80 bits per heavy atom. The molecule has 6 heteroatoms. The summed E-state index contributed by atoms with van der Waals surface area (Å²) in [6.07, 6.45) is 0.984. The Kier molecular flexibility index (Phi) is 7.15. The van der Waals surface area contributed by atoms with Crippen molar-refractivity contribution in [2.24, 2.45) is 0 Å². The first-order valence-corrected chi connectivity index (χ1v) is 8.29. The van der Waals surface area contributed by atoms with Crippen LogP contribution in [0.25, 0.3) is 0 Å². The third-order valence-electron chi connectivity index (χ3n) is 2.74. The molecule has 0 atom stereocenters. The predicted octanol–water partition coefficient (Wildman–Crippen LogP) is 1.15. The minimum Gasteiger partial charge on any atom is -0.377 e. The van der Waals surface area contributed by atoms with Crippen molar-refractivity contribution >= 4 is 10.0 Å². The van der Waals surface area contributed by atoms with Crippen LogP contribution >= 0.6 is 0 Å². The van der Waals surface area contributed by atoms with Crippen LogP contribution in [0.3, 0.4) is 0 Å². The van der Waals surface area contributed by atoms with Gasteiger partial charge in [-0.3, -0.25) is 0 Å². The average molecular weight is 300 g/mol. The van der Waals surface area contributed by atoms with Crippen molar-refractivity contribution in [3.05, 3.63) is 29.8 Å². The Morgan fingerprint density at radius 3 is 2.35 bits per heavy atom. The fourth-order valence-electron chi connectivity index (χ4n) is 1.66. The van der Waals surface area contributed by atoms with Gasteiger partial charge in [-0.2, -0.15) is 0 Å². The standard InChI is InChI=1S/C14H24N2O3S/c1-12(2)19-11-10-16-20(17,18)14-6-4-13(5-7-14)8-9-15-3/h4-7,12,15-16H,8-11H2,1-3H3. The summed E-state index contributed by atoms with van der Waals surface area (Å²) in [7, 11) is -1.55. The molecule has 0 spiro atoms. The molecule has 0 aliphatic heterocycles. The SMILES string of the molecule is CNCCc1ccc(S(=O)(=O)NCCOC(C)C)cc1. The van der Waals surface area contributed by atoms with Crippen molar-refractivity contribution in [3.8, 4) is 0 Å². The summed E-state index contributed by atoms with van der Waals surface area (Å²) < 4.78 is 31.9. The van der Waals surface area contributed by atoms with Gasteiger partial charge in [0.2, 0.25) is 10.0 Å². The molecule has 0 unspecified atom stereocenters. The van der Waals surface area contributed by atoms with Gasteiger partial charge in [-0.1, -0.05) is 12.1 Å². The second-order valence-electron chi connectivity index (χ2n) is 4.81. The minimum absolute atomic E-state index is 0.103. The summed E-state index contributed by atoms with van der Waals surface area (Å²) in [4.78, 5) is 0.287. The molecular weight excluding hydrogens is 276 g/mol. The van der Waals surface area contributed by atoms with Crippen molar-refractivity contribution in [1.29, 1.82) is 0 Å². The third kappa shape index (κ3) is 6.00. The van der Waals surface area contributed by atoms with Crippen molar-refractivity contribution in [1.82, 2.24) is 10.0 Å². The van der Waals surface area contributed by atoms with Crippen molar-refractivity contribution in [2.45, 2.75) is 31.3 Å². The Morgan fingerprint density at radius 1 is 1.15 bits per heavy atom. The summed E-state index contributed by atoms with van der Waals surface area (Å²) >= 11 is 0. The van der Waals surface area contributed by atoms with E-state index in [0.29, 0.717) is 6.61 Å². The van der Waals surface area contributed by atoms with Gasteiger partial charge in [0.25, 0.3) is 0 Å². The highest BCUT2D eigenvalue weighted by Gasteiger charge is 2.12. The zero-order valence-corrected chi connectivity index (χ0v) is 13.2. The highest BCUT2D eigenvalue weighted by Crippen LogP contribution is 2.10. The van der Waals surface area contributed by atoms with Gasteiger partial charge in [-0.05, 0) is 51.6 Å². The number of ether oxygens (including phenoxy) is 1. The molecule has 1 aromatic carbocycles. The first-order chi connectivity index (χ1) is 9.45. The van der Waals surface area contributed by atoms with E-state index >= 15 is 0 Å². The van der Waals surface area contributed by atoms with Crippen LogP contribution in [0.2, 0.25) is 0 Å². The number of likely N-dealkylation sites (N-methyl/N-ethyl adjacent to an activating group) is 1. The number of rotatable bonds is 9. The molecule has 114 valence electrons. The van der Waals surface area contributed by atoms with Crippen LogP contribution in [-0.4, -0.2) is 41.3 Å². The average Bonchev–Trinajstić information content (AvgIpc) is 2.42. The molecule has 0 saturated heterocycles. The number of sulfonamides is 1. The van der Waals surface area contributed by atoms with Gasteiger partial charge >= 0.3 is 0 Å². The summed E-state index contributed by atoms with van der Waals surface area (Å²) in [5.41, 5.74) is 1.11. The number of hydrogen-bond acceptors (Lipinski definition) is 4. The molecule has 1 aromatic rings. The fraction of sp³-hybridized carbons (Fsp3) is 0.571. The Balaban J connectivity index is 2.54. The zero-order valence-electron chi connectivity index (χ0n) is 12.3. The monoisotopic (exact) mass is 300 g/mol. The Bertz CT molecular complexity index is 484. The lowest BCUT2D eigenvalue weighted by Crippen LogP contribution is -2.28. The van der Waals surface area contributed by atoms with E-state index in [4.69, 9.17) is 4.74 Å². The maximum absolute atomic E-state index is 12.0. The molecule has 2 N–H and O–H groups in total. The first kappa shape index (κ1) is 17.1. The Labute approximate surface area is 121 Å².